The van der Waals surface area contributed by atoms with Crippen molar-refractivity contribution in [3.8, 4) is 17.1 Å². The zero-order valence-corrected chi connectivity index (χ0v) is 13.9. The van der Waals surface area contributed by atoms with Gasteiger partial charge in [-0.25, -0.2) is 18.7 Å². The fourth-order valence-electron chi connectivity index (χ4n) is 2.88. The first kappa shape index (κ1) is 16.6. The zero-order valence-electron chi connectivity index (χ0n) is 13.9. The van der Waals surface area contributed by atoms with Gasteiger partial charge in [0, 0.05) is 36.3 Å². The number of halogens is 2. The van der Waals surface area contributed by atoms with Crippen molar-refractivity contribution in [3.05, 3.63) is 30.6 Å². The number of pyridine rings is 2. The predicted molar refractivity (Wildman–Crippen MR) is 91.7 cm³/mol. The normalized spacial score (nSPS) is 15.0. The molecule has 0 aromatic carbocycles. The van der Waals surface area contributed by atoms with Crippen LogP contribution in [0.15, 0.2) is 30.6 Å². The highest BCUT2D eigenvalue weighted by atomic mass is 19.3. The van der Waals surface area contributed by atoms with Gasteiger partial charge in [-0.2, -0.15) is 5.10 Å². The lowest BCUT2D eigenvalue weighted by Gasteiger charge is -2.27. The SMILES string of the molecule is FC(F)COc1cc2c(-c3ccnc(N4CCOCC4)c3)n[nH]c2cn1. The van der Waals surface area contributed by atoms with Crippen LogP contribution in [0.4, 0.5) is 14.6 Å². The van der Waals surface area contributed by atoms with Crippen LogP contribution in [0.3, 0.4) is 0 Å². The maximum absolute atomic E-state index is 12.3. The Bertz CT molecular complexity index is 896. The summed E-state index contributed by atoms with van der Waals surface area (Å²) in [5.41, 5.74) is 2.27. The monoisotopic (exact) mass is 361 g/mol. The molecule has 7 nitrogen and oxygen atoms in total. The Kier molecular flexibility index (Phi) is 4.61. The van der Waals surface area contributed by atoms with E-state index in [1.165, 1.54) is 6.20 Å². The van der Waals surface area contributed by atoms with Gasteiger partial charge in [0.15, 0.2) is 6.61 Å². The molecule has 0 radical (unpaired) electrons. The Morgan fingerprint density at radius 1 is 1.23 bits per heavy atom. The molecule has 26 heavy (non-hydrogen) atoms. The summed E-state index contributed by atoms with van der Waals surface area (Å²) in [5.74, 6) is 0.994. The van der Waals surface area contributed by atoms with Crippen molar-refractivity contribution in [2.75, 3.05) is 37.8 Å². The summed E-state index contributed by atoms with van der Waals surface area (Å²) < 4.78 is 35.1. The van der Waals surface area contributed by atoms with Crippen LogP contribution < -0.4 is 9.64 Å². The molecule has 1 fully saturated rings. The van der Waals surface area contributed by atoms with Crippen molar-refractivity contribution in [1.29, 1.82) is 0 Å². The number of morpholine rings is 1. The number of nitrogens with zero attached hydrogens (tertiary/aromatic N) is 4. The van der Waals surface area contributed by atoms with Crippen molar-refractivity contribution < 1.29 is 18.3 Å². The van der Waals surface area contributed by atoms with E-state index in [1.807, 2.05) is 12.1 Å². The summed E-state index contributed by atoms with van der Waals surface area (Å²) in [4.78, 5) is 10.6. The van der Waals surface area contributed by atoms with E-state index in [0.29, 0.717) is 24.4 Å². The summed E-state index contributed by atoms with van der Waals surface area (Å²) >= 11 is 0. The van der Waals surface area contributed by atoms with Crippen molar-refractivity contribution in [2.45, 2.75) is 6.43 Å². The molecule has 0 bridgehead atoms. The molecular weight excluding hydrogens is 344 g/mol. The van der Waals surface area contributed by atoms with Gasteiger partial charge < -0.3 is 14.4 Å². The van der Waals surface area contributed by atoms with Crippen LogP contribution in [0, 0.1) is 0 Å². The molecule has 9 heteroatoms. The fourth-order valence-corrected chi connectivity index (χ4v) is 2.88. The Labute approximate surface area is 148 Å². The maximum Gasteiger partial charge on any atom is 0.272 e. The molecule has 0 amide bonds. The van der Waals surface area contributed by atoms with Crippen LogP contribution in [0.1, 0.15) is 0 Å². The molecule has 4 heterocycles. The number of fused-ring (bicyclic) bond motifs is 1. The maximum atomic E-state index is 12.3. The molecule has 3 aromatic rings. The van der Waals surface area contributed by atoms with Crippen LogP contribution in [-0.4, -0.2) is 59.5 Å². The average molecular weight is 361 g/mol. The first-order chi connectivity index (χ1) is 12.7. The Balaban J connectivity index is 1.66. The molecule has 1 aliphatic rings. The van der Waals surface area contributed by atoms with Crippen molar-refractivity contribution >= 4 is 16.7 Å². The second-order valence-electron chi connectivity index (χ2n) is 5.84. The Hall–Kier alpha value is -2.81. The number of ether oxygens (including phenoxy) is 2. The van der Waals surface area contributed by atoms with Crippen LogP contribution in [-0.2, 0) is 4.74 Å². The van der Waals surface area contributed by atoms with Gasteiger partial charge in [0.1, 0.15) is 11.5 Å². The third-order valence-electron chi connectivity index (χ3n) is 4.13. The second kappa shape index (κ2) is 7.20. The number of hydrogen-bond donors (Lipinski definition) is 1. The molecule has 0 atom stereocenters. The van der Waals surface area contributed by atoms with E-state index in [-0.39, 0.29) is 5.88 Å². The van der Waals surface area contributed by atoms with E-state index >= 15 is 0 Å². The number of aromatic amines is 1. The van der Waals surface area contributed by atoms with E-state index in [2.05, 4.69) is 25.1 Å². The predicted octanol–water partition coefficient (Wildman–Crippen LogP) is 2.50. The van der Waals surface area contributed by atoms with Gasteiger partial charge in [-0.15, -0.1) is 0 Å². The number of anilines is 1. The van der Waals surface area contributed by atoms with E-state index in [9.17, 15) is 8.78 Å². The molecule has 136 valence electrons. The van der Waals surface area contributed by atoms with Crippen molar-refractivity contribution in [3.63, 3.8) is 0 Å². The van der Waals surface area contributed by atoms with Gasteiger partial charge in [-0.1, -0.05) is 0 Å². The van der Waals surface area contributed by atoms with Gasteiger partial charge in [0.05, 0.1) is 24.9 Å². The molecule has 0 spiro atoms. The molecule has 1 N–H and O–H groups in total. The lowest BCUT2D eigenvalue weighted by atomic mass is 10.1. The van der Waals surface area contributed by atoms with Crippen molar-refractivity contribution in [1.82, 2.24) is 20.2 Å². The molecule has 3 aromatic heterocycles. The number of aromatic nitrogens is 4. The first-order valence-electron chi connectivity index (χ1n) is 8.25. The summed E-state index contributed by atoms with van der Waals surface area (Å²) in [5, 5.41) is 8.01. The molecule has 4 rings (SSSR count). The topological polar surface area (TPSA) is 76.2 Å². The molecule has 1 aliphatic heterocycles. The standard InChI is InChI=1S/C17H17F2N5O2/c18-14(19)10-26-16-8-12-13(9-21-16)22-23-17(12)11-1-2-20-15(7-11)24-3-5-25-6-4-24/h1-2,7-9,14H,3-6,10H2,(H,22,23). The minimum atomic E-state index is -2.55. The second-order valence-corrected chi connectivity index (χ2v) is 5.84. The summed E-state index contributed by atoms with van der Waals surface area (Å²) in [6, 6.07) is 5.44. The fraction of sp³-hybridized carbons (Fsp3) is 0.353. The van der Waals surface area contributed by atoms with Crippen LogP contribution in [0.5, 0.6) is 5.88 Å². The lowest BCUT2D eigenvalue weighted by Crippen LogP contribution is -2.36. The minimum absolute atomic E-state index is 0.142. The van der Waals surface area contributed by atoms with E-state index in [1.54, 1.807) is 12.3 Å². The number of hydrogen-bond acceptors (Lipinski definition) is 6. The average Bonchev–Trinajstić information content (AvgIpc) is 3.10. The van der Waals surface area contributed by atoms with Crippen LogP contribution in [0.25, 0.3) is 22.2 Å². The van der Waals surface area contributed by atoms with Crippen LogP contribution >= 0.6 is 0 Å². The van der Waals surface area contributed by atoms with Gasteiger partial charge in [0.2, 0.25) is 5.88 Å². The molecule has 0 unspecified atom stereocenters. The lowest BCUT2D eigenvalue weighted by molar-refractivity contribution is 0.0797. The Morgan fingerprint density at radius 2 is 2.08 bits per heavy atom. The highest BCUT2D eigenvalue weighted by Crippen LogP contribution is 2.29. The minimum Gasteiger partial charge on any atom is -0.472 e. The van der Waals surface area contributed by atoms with Crippen molar-refractivity contribution in [2.24, 2.45) is 0 Å². The number of nitrogens with one attached hydrogen (secondary N) is 1. The summed E-state index contributed by atoms with van der Waals surface area (Å²) in [6.07, 6.45) is 0.708. The highest BCUT2D eigenvalue weighted by Gasteiger charge is 2.16. The molecule has 0 aliphatic carbocycles. The quantitative estimate of drug-likeness (QED) is 0.753. The largest absolute Gasteiger partial charge is 0.472 e. The highest BCUT2D eigenvalue weighted by molar-refractivity contribution is 5.93. The van der Waals surface area contributed by atoms with Gasteiger partial charge in [-0.3, -0.25) is 5.10 Å². The third-order valence-corrected chi connectivity index (χ3v) is 4.13. The third kappa shape index (κ3) is 3.43. The molecular formula is C17H17F2N5O2. The Morgan fingerprint density at radius 3 is 2.88 bits per heavy atom. The summed E-state index contributed by atoms with van der Waals surface area (Å²) in [6.45, 7) is 2.23. The van der Waals surface area contributed by atoms with Gasteiger partial charge >= 0.3 is 0 Å². The van der Waals surface area contributed by atoms with E-state index in [4.69, 9.17) is 9.47 Å². The molecule has 0 saturated carbocycles. The number of alkyl halides is 2. The van der Waals surface area contributed by atoms with Gasteiger partial charge in [-0.05, 0) is 12.1 Å². The van der Waals surface area contributed by atoms with E-state index in [0.717, 1.165) is 29.9 Å². The first-order valence-corrected chi connectivity index (χ1v) is 8.25. The van der Waals surface area contributed by atoms with Gasteiger partial charge in [0.25, 0.3) is 6.43 Å². The number of rotatable bonds is 5. The number of H-pyrrole nitrogens is 1. The smallest absolute Gasteiger partial charge is 0.272 e. The van der Waals surface area contributed by atoms with E-state index < -0.39 is 13.0 Å². The van der Waals surface area contributed by atoms with Crippen LogP contribution in [0.2, 0.25) is 0 Å². The molecule has 1 saturated heterocycles. The summed E-state index contributed by atoms with van der Waals surface area (Å²) in [7, 11) is 0. The zero-order chi connectivity index (χ0) is 17.9.